The lowest BCUT2D eigenvalue weighted by Crippen LogP contribution is -2.49. The summed E-state index contributed by atoms with van der Waals surface area (Å²) in [5.41, 5.74) is 3.67. The number of anilines is 1. The van der Waals surface area contributed by atoms with E-state index in [-0.39, 0.29) is 5.91 Å². The zero-order valence-corrected chi connectivity index (χ0v) is 19.0. The molecular weight excluding hydrogens is 430 g/mol. The number of aryl methyl sites for hydroxylation is 1. The highest BCUT2D eigenvalue weighted by molar-refractivity contribution is 5.92. The molecule has 9 nitrogen and oxygen atoms in total. The SMILES string of the molecule is Cc1ccccc1N1CCN(C(=O)c2cn(-c3ccc(-c4nc(C5CC5)no4)cn3)cn2)CC1. The van der Waals surface area contributed by atoms with Crippen molar-refractivity contribution in [3.63, 3.8) is 0 Å². The molecule has 3 aromatic heterocycles. The number of piperazine rings is 1. The van der Waals surface area contributed by atoms with Gasteiger partial charge in [0, 0.05) is 50.2 Å². The number of imidazole rings is 1. The fraction of sp³-hybridized carbons (Fsp3) is 0.320. The molecule has 0 radical (unpaired) electrons. The van der Waals surface area contributed by atoms with Crippen molar-refractivity contribution in [1.29, 1.82) is 0 Å². The summed E-state index contributed by atoms with van der Waals surface area (Å²) in [6, 6.07) is 12.1. The van der Waals surface area contributed by atoms with E-state index in [1.54, 1.807) is 23.3 Å². The summed E-state index contributed by atoms with van der Waals surface area (Å²) >= 11 is 0. The van der Waals surface area contributed by atoms with Crippen LogP contribution in [0, 0.1) is 6.92 Å². The molecule has 1 saturated carbocycles. The van der Waals surface area contributed by atoms with E-state index in [2.05, 4.69) is 50.1 Å². The number of amides is 1. The smallest absolute Gasteiger partial charge is 0.274 e. The van der Waals surface area contributed by atoms with Crippen molar-refractivity contribution < 1.29 is 9.32 Å². The van der Waals surface area contributed by atoms with Crippen molar-refractivity contribution in [2.75, 3.05) is 31.1 Å². The van der Waals surface area contributed by atoms with Crippen LogP contribution in [0.5, 0.6) is 0 Å². The van der Waals surface area contributed by atoms with Crippen LogP contribution in [0.3, 0.4) is 0 Å². The van der Waals surface area contributed by atoms with E-state index < -0.39 is 0 Å². The number of benzene rings is 1. The van der Waals surface area contributed by atoms with E-state index in [0.717, 1.165) is 37.3 Å². The van der Waals surface area contributed by atoms with Gasteiger partial charge in [-0.2, -0.15) is 4.98 Å². The monoisotopic (exact) mass is 455 g/mol. The summed E-state index contributed by atoms with van der Waals surface area (Å²) in [7, 11) is 0. The molecule has 1 aliphatic carbocycles. The van der Waals surface area contributed by atoms with E-state index in [1.165, 1.54) is 11.3 Å². The van der Waals surface area contributed by atoms with Gasteiger partial charge in [-0.15, -0.1) is 0 Å². The van der Waals surface area contributed by atoms with Crippen molar-refractivity contribution in [2.45, 2.75) is 25.7 Å². The Balaban J connectivity index is 1.11. The van der Waals surface area contributed by atoms with Crippen molar-refractivity contribution in [3.8, 4) is 17.3 Å². The first-order valence-electron chi connectivity index (χ1n) is 11.6. The topological polar surface area (TPSA) is 93.2 Å². The number of rotatable bonds is 5. The van der Waals surface area contributed by atoms with Gasteiger partial charge < -0.3 is 14.3 Å². The zero-order chi connectivity index (χ0) is 23.1. The molecule has 0 atom stereocenters. The van der Waals surface area contributed by atoms with Crippen LogP contribution in [0.25, 0.3) is 17.3 Å². The molecule has 1 aliphatic heterocycles. The molecule has 0 spiro atoms. The van der Waals surface area contributed by atoms with Crippen LogP contribution in [0.2, 0.25) is 0 Å². The lowest BCUT2D eigenvalue weighted by atomic mass is 10.1. The highest BCUT2D eigenvalue weighted by Crippen LogP contribution is 2.38. The minimum atomic E-state index is -0.0572. The average Bonchev–Trinajstić information content (AvgIpc) is 3.40. The Hall–Kier alpha value is -4.01. The Kier molecular flexibility index (Phi) is 5.09. The molecule has 6 rings (SSSR count). The Labute approximate surface area is 197 Å². The minimum absolute atomic E-state index is 0.0572. The first-order chi connectivity index (χ1) is 16.7. The highest BCUT2D eigenvalue weighted by Gasteiger charge is 2.29. The van der Waals surface area contributed by atoms with Gasteiger partial charge in [-0.05, 0) is 43.5 Å². The quantitative estimate of drug-likeness (QED) is 0.455. The van der Waals surface area contributed by atoms with Crippen molar-refractivity contribution >= 4 is 11.6 Å². The molecule has 4 heterocycles. The fourth-order valence-electron chi connectivity index (χ4n) is 4.31. The first-order valence-corrected chi connectivity index (χ1v) is 11.6. The maximum Gasteiger partial charge on any atom is 0.274 e. The summed E-state index contributed by atoms with van der Waals surface area (Å²) in [4.78, 5) is 30.5. The maximum absolute atomic E-state index is 13.0. The van der Waals surface area contributed by atoms with Crippen LogP contribution >= 0.6 is 0 Å². The molecule has 9 heteroatoms. The Morgan fingerprint density at radius 2 is 1.85 bits per heavy atom. The number of aromatic nitrogens is 5. The summed E-state index contributed by atoms with van der Waals surface area (Å²) in [6.07, 6.45) is 7.30. The summed E-state index contributed by atoms with van der Waals surface area (Å²) in [6.45, 7) is 5.06. The Morgan fingerprint density at radius 1 is 1.03 bits per heavy atom. The van der Waals surface area contributed by atoms with Crippen molar-refractivity contribution in [1.82, 2.24) is 29.6 Å². The normalized spacial score (nSPS) is 16.1. The molecule has 172 valence electrons. The molecule has 34 heavy (non-hydrogen) atoms. The molecule has 1 saturated heterocycles. The van der Waals surface area contributed by atoms with E-state index in [1.807, 2.05) is 23.1 Å². The number of hydrogen-bond acceptors (Lipinski definition) is 7. The van der Waals surface area contributed by atoms with Crippen LogP contribution in [-0.2, 0) is 0 Å². The maximum atomic E-state index is 13.0. The predicted octanol–water partition coefficient (Wildman–Crippen LogP) is 3.47. The van der Waals surface area contributed by atoms with Gasteiger partial charge in [-0.1, -0.05) is 23.4 Å². The molecule has 1 amide bonds. The second-order valence-corrected chi connectivity index (χ2v) is 8.87. The second-order valence-electron chi connectivity index (χ2n) is 8.87. The minimum Gasteiger partial charge on any atom is -0.368 e. The molecule has 4 aromatic rings. The summed E-state index contributed by atoms with van der Waals surface area (Å²) in [5.74, 6) is 2.31. The number of para-hydroxylation sites is 1. The number of hydrogen-bond donors (Lipinski definition) is 0. The van der Waals surface area contributed by atoms with E-state index in [9.17, 15) is 4.79 Å². The van der Waals surface area contributed by atoms with E-state index in [0.29, 0.717) is 36.4 Å². The van der Waals surface area contributed by atoms with Gasteiger partial charge in [0.25, 0.3) is 11.8 Å². The molecule has 1 aromatic carbocycles. The number of carbonyl (C=O) groups is 1. The molecule has 0 N–H and O–H groups in total. The Morgan fingerprint density at radius 3 is 2.59 bits per heavy atom. The summed E-state index contributed by atoms with van der Waals surface area (Å²) in [5, 5.41) is 4.05. The van der Waals surface area contributed by atoms with Gasteiger partial charge in [0.1, 0.15) is 17.8 Å². The largest absolute Gasteiger partial charge is 0.368 e. The third kappa shape index (κ3) is 3.93. The van der Waals surface area contributed by atoms with E-state index in [4.69, 9.17) is 4.52 Å². The van der Waals surface area contributed by atoms with Crippen LogP contribution in [0.4, 0.5) is 5.69 Å². The van der Waals surface area contributed by atoms with Crippen molar-refractivity contribution in [3.05, 3.63) is 72.2 Å². The van der Waals surface area contributed by atoms with Gasteiger partial charge >= 0.3 is 0 Å². The molecule has 2 aliphatic rings. The summed E-state index contributed by atoms with van der Waals surface area (Å²) < 4.78 is 7.12. The highest BCUT2D eigenvalue weighted by atomic mass is 16.5. The van der Waals surface area contributed by atoms with Gasteiger partial charge in [0.05, 0.1) is 5.56 Å². The molecule has 0 bridgehead atoms. The second kappa shape index (κ2) is 8.40. The number of carbonyl (C=O) groups excluding carboxylic acids is 1. The van der Waals surface area contributed by atoms with Crippen molar-refractivity contribution in [2.24, 2.45) is 0 Å². The third-order valence-electron chi connectivity index (χ3n) is 6.47. The number of pyridine rings is 1. The average molecular weight is 456 g/mol. The van der Waals surface area contributed by atoms with Gasteiger partial charge in [0.15, 0.2) is 5.82 Å². The van der Waals surface area contributed by atoms with Gasteiger partial charge in [0.2, 0.25) is 0 Å². The zero-order valence-electron chi connectivity index (χ0n) is 19.0. The molecular formula is C25H25N7O2. The molecule has 2 fully saturated rings. The van der Waals surface area contributed by atoms with Crippen LogP contribution in [0.15, 0.2) is 59.6 Å². The standard InChI is InChI=1S/C25H25N7O2/c1-17-4-2-3-5-21(17)30-10-12-31(13-11-30)25(33)20-15-32(16-27-20)22-9-8-19(14-26-22)24-28-23(29-34-24)18-6-7-18/h2-5,8-9,14-16,18H,6-7,10-13H2,1H3. The third-order valence-corrected chi connectivity index (χ3v) is 6.47. The predicted molar refractivity (Wildman–Crippen MR) is 126 cm³/mol. The Bertz CT molecular complexity index is 1320. The van der Waals surface area contributed by atoms with Gasteiger partial charge in [-0.25, -0.2) is 9.97 Å². The van der Waals surface area contributed by atoms with Crippen LogP contribution in [0.1, 0.15) is 40.6 Å². The fourth-order valence-corrected chi connectivity index (χ4v) is 4.31. The molecule has 0 unspecified atom stereocenters. The van der Waals surface area contributed by atoms with Crippen LogP contribution < -0.4 is 4.90 Å². The lowest BCUT2D eigenvalue weighted by molar-refractivity contribution is 0.0741. The number of nitrogens with zero attached hydrogens (tertiary/aromatic N) is 7. The van der Waals surface area contributed by atoms with Crippen LogP contribution in [-0.4, -0.2) is 61.7 Å². The van der Waals surface area contributed by atoms with E-state index >= 15 is 0 Å². The first kappa shape index (κ1) is 20.6. The van der Waals surface area contributed by atoms with Gasteiger partial charge in [-0.3, -0.25) is 9.36 Å². The lowest BCUT2D eigenvalue weighted by Gasteiger charge is -2.36.